The van der Waals surface area contributed by atoms with Gasteiger partial charge in [0.05, 0.1) is 29.5 Å². The lowest BCUT2D eigenvalue weighted by molar-refractivity contribution is 0.0696. The minimum Gasteiger partial charge on any atom is -0.478 e. The number of benzene rings is 1. The van der Waals surface area contributed by atoms with Crippen molar-refractivity contribution in [3.05, 3.63) is 47.4 Å². The molecule has 0 amide bonds. The van der Waals surface area contributed by atoms with Crippen LogP contribution >= 0.6 is 0 Å². The number of furan rings is 1. The van der Waals surface area contributed by atoms with Crippen molar-refractivity contribution in [2.45, 2.75) is 51.6 Å². The standard InChI is InChI=1S/C20H24N2O3/c1-14-10-19(18(21-2)11-17(14)20(23)24)22(12-15-8-9-25-13-15)16-6-4-3-5-7-16/h8-11,13,16H,2-7,12H2,1H3,(H,23,24). The number of aromatic carboxylic acids is 1. The normalized spacial score (nSPS) is 15.1. The molecular weight excluding hydrogens is 316 g/mol. The van der Waals surface area contributed by atoms with E-state index in [2.05, 4.69) is 16.6 Å². The molecule has 3 rings (SSSR count). The SMILES string of the molecule is C=Nc1cc(C(=O)O)c(C)cc1N(Cc1ccoc1)C1CCCCC1. The van der Waals surface area contributed by atoms with Gasteiger partial charge in [0.1, 0.15) is 0 Å². The molecule has 1 saturated carbocycles. The number of carboxylic acid groups (broad SMARTS) is 1. The molecule has 0 aliphatic heterocycles. The van der Waals surface area contributed by atoms with E-state index in [9.17, 15) is 9.90 Å². The van der Waals surface area contributed by atoms with E-state index >= 15 is 0 Å². The van der Waals surface area contributed by atoms with Crippen LogP contribution in [0.1, 0.15) is 53.6 Å². The monoisotopic (exact) mass is 340 g/mol. The highest BCUT2D eigenvalue weighted by Crippen LogP contribution is 2.37. The molecule has 1 aromatic heterocycles. The third-order valence-electron chi connectivity index (χ3n) is 4.98. The largest absolute Gasteiger partial charge is 0.478 e. The number of nitrogens with zero attached hydrogens (tertiary/aromatic N) is 2. The van der Waals surface area contributed by atoms with E-state index in [1.165, 1.54) is 19.3 Å². The number of anilines is 1. The van der Waals surface area contributed by atoms with E-state index in [-0.39, 0.29) is 5.56 Å². The van der Waals surface area contributed by atoms with Crippen LogP contribution in [0.5, 0.6) is 0 Å². The summed E-state index contributed by atoms with van der Waals surface area (Å²) in [6, 6.07) is 5.95. The van der Waals surface area contributed by atoms with Crippen LogP contribution in [-0.2, 0) is 6.54 Å². The second-order valence-corrected chi connectivity index (χ2v) is 6.67. The van der Waals surface area contributed by atoms with E-state index in [1.807, 2.05) is 19.1 Å². The topological polar surface area (TPSA) is 66.0 Å². The number of aryl methyl sites for hydroxylation is 1. The minimum atomic E-state index is -0.937. The summed E-state index contributed by atoms with van der Waals surface area (Å²) in [7, 11) is 0. The molecule has 0 atom stereocenters. The zero-order valence-corrected chi connectivity index (χ0v) is 14.6. The zero-order chi connectivity index (χ0) is 17.8. The predicted octanol–water partition coefficient (Wildman–Crippen LogP) is 4.96. The van der Waals surface area contributed by atoms with Crippen molar-refractivity contribution in [2.75, 3.05) is 4.90 Å². The fourth-order valence-corrected chi connectivity index (χ4v) is 3.65. The number of rotatable bonds is 6. The molecule has 1 heterocycles. The molecule has 0 saturated heterocycles. The molecule has 1 N–H and O–H groups in total. The third-order valence-corrected chi connectivity index (χ3v) is 4.98. The van der Waals surface area contributed by atoms with Crippen molar-refractivity contribution in [3.8, 4) is 0 Å². The summed E-state index contributed by atoms with van der Waals surface area (Å²) < 4.78 is 5.23. The Labute approximate surface area is 148 Å². The molecule has 2 aromatic rings. The summed E-state index contributed by atoms with van der Waals surface area (Å²) in [6.45, 7) is 6.21. The highest BCUT2D eigenvalue weighted by atomic mass is 16.4. The second-order valence-electron chi connectivity index (χ2n) is 6.67. The van der Waals surface area contributed by atoms with Crippen LogP contribution in [0, 0.1) is 6.92 Å². The lowest BCUT2D eigenvalue weighted by Gasteiger charge is -2.37. The van der Waals surface area contributed by atoms with Crippen LogP contribution in [0.25, 0.3) is 0 Å². The quantitative estimate of drug-likeness (QED) is 0.755. The Morgan fingerprint density at radius 1 is 1.36 bits per heavy atom. The van der Waals surface area contributed by atoms with Crippen molar-refractivity contribution in [3.63, 3.8) is 0 Å². The van der Waals surface area contributed by atoms with Gasteiger partial charge in [-0.15, -0.1) is 0 Å². The number of carbonyl (C=O) groups is 1. The molecule has 5 heteroatoms. The zero-order valence-electron chi connectivity index (χ0n) is 14.6. The van der Waals surface area contributed by atoms with Gasteiger partial charge in [-0.1, -0.05) is 19.3 Å². The maximum Gasteiger partial charge on any atom is 0.336 e. The van der Waals surface area contributed by atoms with Gasteiger partial charge in [-0.2, -0.15) is 0 Å². The van der Waals surface area contributed by atoms with Gasteiger partial charge < -0.3 is 14.4 Å². The van der Waals surface area contributed by atoms with Crippen molar-refractivity contribution in [1.29, 1.82) is 0 Å². The number of carboxylic acids is 1. The van der Waals surface area contributed by atoms with Crippen LogP contribution in [0.4, 0.5) is 11.4 Å². The first-order valence-electron chi connectivity index (χ1n) is 8.72. The van der Waals surface area contributed by atoms with E-state index in [0.717, 1.165) is 36.2 Å². The van der Waals surface area contributed by atoms with Crippen LogP contribution in [0.15, 0.2) is 40.1 Å². The Balaban J connectivity index is 2.03. The summed E-state index contributed by atoms with van der Waals surface area (Å²) in [5, 5.41) is 9.38. The van der Waals surface area contributed by atoms with Crippen LogP contribution in [0.2, 0.25) is 0 Å². The molecular formula is C20H24N2O3. The Morgan fingerprint density at radius 3 is 2.72 bits per heavy atom. The van der Waals surface area contributed by atoms with Crippen molar-refractivity contribution >= 4 is 24.1 Å². The van der Waals surface area contributed by atoms with E-state index in [4.69, 9.17) is 4.42 Å². The predicted molar refractivity (Wildman–Crippen MR) is 99.1 cm³/mol. The lowest BCUT2D eigenvalue weighted by Crippen LogP contribution is -2.36. The summed E-state index contributed by atoms with van der Waals surface area (Å²) in [5.74, 6) is -0.937. The first kappa shape index (κ1) is 17.3. The second kappa shape index (κ2) is 7.55. The first-order chi connectivity index (χ1) is 12.1. The van der Waals surface area contributed by atoms with Gasteiger partial charge in [-0.25, -0.2) is 4.79 Å². The Hall–Kier alpha value is -2.56. The average molecular weight is 340 g/mol. The van der Waals surface area contributed by atoms with E-state index in [1.54, 1.807) is 18.6 Å². The van der Waals surface area contributed by atoms with Crippen LogP contribution < -0.4 is 4.90 Å². The molecule has 1 aliphatic rings. The molecule has 5 nitrogen and oxygen atoms in total. The Bertz CT molecular complexity index is 747. The minimum absolute atomic E-state index is 0.276. The van der Waals surface area contributed by atoms with Crippen molar-refractivity contribution in [2.24, 2.45) is 4.99 Å². The highest BCUT2D eigenvalue weighted by molar-refractivity contribution is 5.92. The summed E-state index contributed by atoms with van der Waals surface area (Å²) in [6.07, 6.45) is 9.42. The van der Waals surface area contributed by atoms with Crippen molar-refractivity contribution < 1.29 is 14.3 Å². The van der Waals surface area contributed by atoms with Crippen molar-refractivity contribution in [1.82, 2.24) is 0 Å². The van der Waals surface area contributed by atoms with Gasteiger partial charge in [0, 0.05) is 18.2 Å². The molecule has 1 aliphatic carbocycles. The molecule has 1 aromatic carbocycles. The highest BCUT2D eigenvalue weighted by Gasteiger charge is 2.25. The fourth-order valence-electron chi connectivity index (χ4n) is 3.65. The molecule has 0 bridgehead atoms. The number of aliphatic imine (C=N–C) groups is 1. The molecule has 25 heavy (non-hydrogen) atoms. The Kier molecular flexibility index (Phi) is 5.22. The van der Waals surface area contributed by atoms with Gasteiger partial charge in [-0.3, -0.25) is 4.99 Å². The van der Waals surface area contributed by atoms with Crippen LogP contribution in [-0.4, -0.2) is 23.8 Å². The van der Waals surface area contributed by atoms with Gasteiger partial charge >= 0.3 is 5.97 Å². The molecule has 0 spiro atoms. The van der Waals surface area contributed by atoms with Crippen LogP contribution in [0.3, 0.4) is 0 Å². The molecule has 0 unspecified atom stereocenters. The average Bonchev–Trinajstić information content (AvgIpc) is 3.13. The lowest BCUT2D eigenvalue weighted by atomic mass is 9.93. The summed E-state index contributed by atoms with van der Waals surface area (Å²) >= 11 is 0. The van der Waals surface area contributed by atoms with Gasteiger partial charge in [0.15, 0.2) is 0 Å². The molecule has 132 valence electrons. The Morgan fingerprint density at radius 2 is 2.12 bits per heavy atom. The van der Waals surface area contributed by atoms with E-state index in [0.29, 0.717) is 11.7 Å². The van der Waals surface area contributed by atoms with Gasteiger partial charge in [0.2, 0.25) is 0 Å². The van der Waals surface area contributed by atoms with Gasteiger partial charge in [0.25, 0.3) is 0 Å². The van der Waals surface area contributed by atoms with Gasteiger partial charge in [-0.05, 0) is 50.2 Å². The molecule has 0 radical (unpaired) electrons. The van der Waals surface area contributed by atoms with E-state index < -0.39 is 5.97 Å². The third kappa shape index (κ3) is 3.76. The first-order valence-corrected chi connectivity index (χ1v) is 8.72. The summed E-state index contributed by atoms with van der Waals surface area (Å²) in [5.41, 5.74) is 3.68. The smallest absolute Gasteiger partial charge is 0.336 e. The number of hydrogen-bond donors (Lipinski definition) is 1. The number of hydrogen-bond acceptors (Lipinski definition) is 4. The molecule has 1 fully saturated rings. The maximum absolute atomic E-state index is 11.4. The maximum atomic E-state index is 11.4. The summed E-state index contributed by atoms with van der Waals surface area (Å²) in [4.78, 5) is 17.9. The fraction of sp³-hybridized carbons (Fsp3) is 0.400.